The second-order valence-electron chi connectivity index (χ2n) is 5.01. The number of aromatic carboxylic acids is 1. The summed E-state index contributed by atoms with van der Waals surface area (Å²) < 4.78 is 0. The zero-order valence-electron chi connectivity index (χ0n) is 11.7. The van der Waals surface area contributed by atoms with Gasteiger partial charge >= 0.3 is 5.97 Å². The van der Waals surface area contributed by atoms with Crippen LogP contribution in [0.4, 0.5) is 5.82 Å². The molecule has 1 rings (SSSR count). The number of rotatable bonds is 5. The van der Waals surface area contributed by atoms with E-state index in [0.29, 0.717) is 11.7 Å². The zero-order chi connectivity index (χ0) is 13.9. The predicted molar refractivity (Wildman–Crippen MR) is 73.2 cm³/mol. The monoisotopic (exact) mass is 250 g/mol. The van der Waals surface area contributed by atoms with Crippen molar-refractivity contribution in [2.24, 2.45) is 5.92 Å². The van der Waals surface area contributed by atoms with E-state index in [-0.39, 0.29) is 11.6 Å². The van der Waals surface area contributed by atoms with Gasteiger partial charge in [0.25, 0.3) is 0 Å². The number of pyridine rings is 1. The third kappa shape index (κ3) is 3.22. The van der Waals surface area contributed by atoms with E-state index in [1.807, 2.05) is 6.92 Å². The van der Waals surface area contributed by atoms with Crippen LogP contribution in [-0.2, 0) is 0 Å². The molecular formula is C14H22N2O2. The van der Waals surface area contributed by atoms with Crippen molar-refractivity contribution in [1.29, 1.82) is 0 Å². The number of hydrogen-bond acceptors (Lipinski definition) is 3. The Morgan fingerprint density at radius 2 is 2.06 bits per heavy atom. The van der Waals surface area contributed by atoms with Crippen LogP contribution in [0.25, 0.3) is 0 Å². The van der Waals surface area contributed by atoms with Gasteiger partial charge in [0, 0.05) is 11.7 Å². The smallest absolute Gasteiger partial charge is 0.339 e. The Morgan fingerprint density at radius 1 is 1.44 bits per heavy atom. The van der Waals surface area contributed by atoms with Crippen LogP contribution in [0.5, 0.6) is 0 Å². The molecule has 0 aromatic carbocycles. The molecule has 4 heteroatoms. The topological polar surface area (TPSA) is 62.2 Å². The first-order valence-corrected chi connectivity index (χ1v) is 6.34. The Labute approximate surface area is 108 Å². The van der Waals surface area contributed by atoms with Crippen LogP contribution in [0, 0.1) is 19.8 Å². The Bertz CT molecular complexity index is 442. The molecule has 0 aliphatic heterocycles. The Balaban J connectivity index is 3.18. The van der Waals surface area contributed by atoms with Gasteiger partial charge in [-0.25, -0.2) is 9.78 Å². The van der Waals surface area contributed by atoms with Crippen LogP contribution < -0.4 is 5.32 Å². The van der Waals surface area contributed by atoms with Crippen molar-refractivity contribution in [3.63, 3.8) is 0 Å². The minimum Gasteiger partial charge on any atom is -0.478 e. The average Bonchev–Trinajstić information content (AvgIpc) is 2.23. The van der Waals surface area contributed by atoms with Crippen molar-refractivity contribution < 1.29 is 9.90 Å². The van der Waals surface area contributed by atoms with Crippen LogP contribution >= 0.6 is 0 Å². The van der Waals surface area contributed by atoms with Crippen LogP contribution in [0.2, 0.25) is 0 Å². The molecule has 0 aliphatic carbocycles. The number of anilines is 1. The molecule has 4 nitrogen and oxygen atoms in total. The minimum atomic E-state index is -0.930. The van der Waals surface area contributed by atoms with Crippen LogP contribution in [0.1, 0.15) is 48.8 Å². The first-order valence-electron chi connectivity index (χ1n) is 6.34. The number of aryl methyl sites for hydroxylation is 2. The Morgan fingerprint density at radius 3 is 2.50 bits per heavy atom. The zero-order valence-corrected chi connectivity index (χ0v) is 11.7. The van der Waals surface area contributed by atoms with Crippen molar-refractivity contribution in [2.75, 3.05) is 5.32 Å². The summed E-state index contributed by atoms with van der Waals surface area (Å²) in [6.45, 7) is 10.00. The highest BCUT2D eigenvalue weighted by atomic mass is 16.4. The molecule has 0 amide bonds. The normalized spacial score (nSPS) is 12.6. The standard InChI is InChI=1S/C14H22N2O2/c1-6-11(8(2)3)16-13-12(14(17)18)9(4)7-10(5)15-13/h7-8,11H,6H2,1-5H3,(H,15,16)(H,17,18). The van der Waals surface area contributed by atoms with Crippen LogP contribution in [0.3, 0.4) is 0 Å². The summed E-state index contributed by atoms with van der Waals surface area (Å²) in [7, 11) is 0. The molecule has 1 aromatic rings. The second-order valence-corrected chi connectivity index (χ2v) is 5.01. The predicted octanol–water partition coefficient (Wildman–Crippen LogP) is 3.24. The van der Waals surface area contributed by atoms with Gasteiger partial charge in [0.1, 0.15) is 11.4 Å². The lowest BCUT2D eigenvalue weighted by Crippen LogP contribution is -2.26. The Kier molecular flexibility index (Phi) is 4.70. The fraction of sp³-hybridized carbons (Fsp3) is 0.571. The fourth-order valence-corrected chi connectivity index (χ4v) is 2.13. The van der Waals surface area contributed by atoms with E-state index in [4.69, 9.17) is 0 Å². The number of carboxylic acid groups (broad SMARTS) is 1. The molecular weight excluding hydrogens is 228 g/mol. The third-order valence-electron chi connectivity index (χ3n) is 3.13. The van der Waals surface area contributed by atoms with Crippen LogP contribution in [-0.4, -0.2) is 22.1 Å². The van der Waals surface area contributed by atoms with Gasteiger partial charge in [-0.15, -0.1) is 0 Å². The molecule has 2 N–H and O–H groups in total. The van der Waals surface area contributed by atoms with Gasteiger partial charge < -0.3 is 10.4 Å². The number of aromatic nitrogens is 1. The second kappa shape index (κ2) is 5.85. The van der Waals surface area contributed by atoms with Gasteiger partial charge in [0.2, 0.25) is 0 Å². The number of carboxylic acids is 1. The van der Waals surface area contributed by atoms with E-state index in [2.05, 4.69) is 31.1 Å². The van der Waals surface area contributed by atoms with Gasteiger partial charge in [-0.2, -0.15) is 0 Å². The highest BCUT2D eigenvalue weighted by molar-refractivity contribution is 5.94. The maximum atomic E-state index is 11.3. The molecule has 0 fully saturated rings. The fourth-order valence-electron chi connectivity index (χ4n) is 2.13. The molecule has 0 saturated heterocycles. The van der Waals surface area contributed by atoms with Crippen molar-refractivity contribution in [1.82, 2.24) is 4.98 Å². The number of hydrogen-bond donors (Lipinski definition) is 2. The average molecular weight is 250 g/mol. The van der Waals surface area contributed by atoms with Crippen molar-refractivity contribution in [3.05, 3.63) is 22.9 Å². The molecule has 0 spiro atoms. The van der Waals surface area contributed by atoms with Gasteiger partial charge in [0.05, 0.1) is 0 Å². The highest BCUT2D eigenvalue weighted by Crippen LogP contribution is 2.21. The molecule has 0 radical (unpaired) electrons. The molecule has 0 saturated carbocycles. The number of carbonyl (C=O) groups is 1. The molecule has 1 heterocycles. The van der Waals surface area contributed by atoms with E-state index < -0.39 is 5.97 Å². The lowest BCUT2D eigenvalue weighted by molar-refractivity contribution is 0.0696. The minimum absolute atomic E-state index is 0.233. The van der Waals surface area contributed by atoms with E-state index in [1.54, 1.807) is 13.0 Å². The molecule has 0 aliphatic rings. The SMILES string of the molecule is CCC(Nc1nc(C)cc(C)c1C(=O)O)C(C)C. The lowest BCUT2D eigenvalue weighted by Gasteiger charge is -2.23. The number of nitrogens with zero attached hydrogens (tertiary/aromatic N) is 1. The van der Waals surface area contributed by atoms with Gasteiger partial charge in [0.15, 0.2) is 0 Å². The van der Waals surface area contributed by atoms with Crippen molar-refractivity contribution in [3.8, 4) is 0 Å². The van der Waals surface area contributed by atoms with Crippen molar-refractivity contribution >= 4 is 11.8 Å². The quantitative estimate of drug-likeness (QED) is 0.842. The highest BCUT2D eigenvalue weighted by Gasteiger charge is 2.19. The molecule has 0 bridgehead atoms. The molecule has 1 atom stereocenters. The lowest BCUT2D eigenvalue weighted by atomic mass is 10.0. The van der Waals surface area contributed by atoms with Gasteiger partial charge in [-0.05, 0) is 37.8 Å². The van der Waals surface area contributed by atoms with Crippen LogP contribution in [0.15, 0.2) is 6.07 Å². The number of nitrogens with one attached hydrogen (secondary N) is 1. The molecule has 18 heavy (non-hydrogen) atoms. The first kappa shape index (κ1) is 14.5. The van der Waals surface area contributed by atoms with E-state index >= 15 is 0 Å². The summed E-state index contributed by atoms with van der Waals surface area (Å²) in [5.74, 6) is -0.0130. The largest absolute Gasteiger partial charge is 0.478 e. The third-order valence-corrected chi connectivity index (χ3v) is 3.13. The maximum absolute atomic E-state index is 11.3. The molecule has 1 aromatic heterocycles. The summed E-state index contributed by atoms with van der Waals surface area (Å²) in [5.41, 5.74) is 1.86. The summed E-state index contributed by atoms with van der Waals surface area (Å²) in [6, 6.07) is 2.03. The first-order chi connectivity index (χ1) is 8.36. The van der Waals surface area contributed by atoms with E-state index in [1.165, 1.54) is 0 Å². The summed E-state index contributed by atoms with van der Waals surface area (Å²) in [4.78, 5) is 15.6. The summed E-state index contributed by atoms with van der Waals surface area (Å²) in [5, 5.41) is 12.5. The van der Waals surface area contributed by atoms with Gasteiger partial charge in [-0.1, -0.05) is 20.8 Å². The van der Waals surface area contributed by atoms with Gasteiger partial charge in [-0.3, -0.25) is 0 Å². The Hall–Kier alpha value is -1.58. The summed E-state index contributed by atoms with van der Waals surface area (Å²) >= 11 is 0. The van der Waals surface area contributed by atoms with E-state index in [0.717, 1.165) is 17.7 Å². The molecule has 100 valence electrons. The molecule has 1 unspecified atom stereocenters. The summed E-state index contributed by atoms with van der Waals surface area (Å²) in [6.07, 6.45) is 0.936. The maximum Gasteiger partial charge on any atom is 0.339 e. The van der Waals surface area contributed by atoms with Crippen molar-refractivity contribution in [2.45, 2.75) is 47.1 Å². The van der Waals surface area contributed by atoms with E-state index in [9.17, 15) is 9.90 Å².